The molecule has 0 saturated carbocycles. The third kappa shape index (κ3) is 3.05. The summed E-state index contributed by atoms with van der Waals surface area (Å²) < 4.78 is 38.9. The van der Waals surface area contributed by atoms with Crippen LogP contribution in [0.25, 0.3) is 0 Å². The van der Waals surface area contributed by atoms with E-state index in [-0.39, 0.29) is 29.6 Å². The lowest BCUT2D eigenvalue weighted by atomic mass is 10.1. The van der Waals surface area contributed by atoms with Crippen LogP contribution in [0, 0.1) is 5.92 Å². The number of nitrogens with zero attached hydrogens (tertiary/aromatic N) is 1. The largest absolute Gasteiger partial charge is 0.416 e. The first kappa shape index (κ1) is 14.7. The summed E-state index contributed by atoms with van der Waals surface area (Å²) in [5.41, 5.74) is 4.83. The molecule has 1 atom stereocenters. The smallest absolute Gasteiger partial charge is 0.399 e. The second-order valence-corrected chi connectivity index (χ2v) is 5.17. The summed E-state index contributed by atoms with van der Waals surface area (Å²) in [6.07, 6.45) is -3.18. The number of rotatable bonds is 3. The molecular weight excluding hydrogens is 269 g/mol. The molecule has 1 aromatic carbocycles. The van der Waals surface area contributed by atoms with Crippen LogP contribution in [0.5, 0.6) is 0 Å². The van der Waals surface area contributed by atoms with Crippen LogP contribution in [-0.4, -0.2) is 17.4 Å². The third-order valence-corrected chi connectivity index (χ3v) is 3.67. The molecular formula is C14H17F3N2O. The van der Waals surface area contributed by atoms with E-state index < -0.39 is 11.7 Å². The standard InChI is InChI=1S/C14H17F3N2O/c1-2-9-5-13(20)19(7-9)8-10-3-4-11(18)6-12(10)14(15,16)17/h3-4,6,9H,2,5,7-8,18H2,1H3. The Hall–Kier alpha value is -1.72. The van der Waals surface area contributed by atoms with Gasteiger partial charge in [-0.15, -0.1) is 0 Å². The van der Waals surface area contributed by atoms with E-state index in [1.54, 1.807) is 0 Å². The Morgan fingerprint density at radius 1 is 1.40 bits per heavy atom. The maximum atomic E-state index is 13.0. The maximum Gasteiger partial charge on any atom is 0.416 e. The number of alkyl halides is 3. The molecule has 1 fully saturated rings. The number of amides is 1. The molecule has 0 aromatic heterocycles. The minimum absolute atomic E-state index is 0.00947. The molecule has 0 radical (unpaired) electrons. The van der Waals surface area contributed by atoms with E-state index in [0.29, 0.717) is 13.0 Å². The highest BCUT2D eigenvalue weighted by Gasteiger charge is 2.35. The van der Waals surface area contributed by atoms with Crippen LogP contribution in [0.3, 0.4) is 0 Å². The van der Waals surface area contributed by atoms with Crippen molar-refractivity contribution in [2.75, 3.05) is 12.3 Å². The van der Waals surface area contributed by atoms with Crippen molar-refractivity contribution >= 4 is 11.6 Å². The molecule has 0 bridgehead atoms. The zero-order valence-corrected chi connectivity index (χ0v) is 11.2. The lowest BCUT2D eigenvalue weighted by Crippen LogP contribution is -2.26. The van der Waals surface area contributed by atoms with Gasteiger partial charge in [0.15, 0.2) is 0 Å². The summed E-state index contributed by atoms with van der Waals surface area (Å²) in [7, 11) is 0. The number of nitrogen functional groups attached to an aromatic ring is 1. The summed E-state index contributed by atoms with van der Waals surface area (Å²) >= 11 is 0. The van der Waals surface area contributed by atoms with Gasteiger partial charge in [-0.3, -0.25) is 4.79 Å². The molecule has 20 heavy (non-hydrogen) atoms. The van der Waals surface area contributed by atoms with E-state index in [0.717, 1.165) is 12.5 Å². The molecule has 1 amide bonds. The Kier molecular flexibility index (Phi) is 3.92. The van der Waals surface area contributed by atoms with Crippen LogP contribution < -0.4 is 5.73 Å². The number of anilines is 1. The van der Waals surface area contributed by atoms with Crippen molar-refractivity contribution in [1.82, 2.24) is 4.90 Å². The Balaban J connectivity index is 2.24. The molecule has 1 aliphatic rings. The Morgan fingerprint density at radius 2 is 2.10 bits per heavy atom. The third-order valence-electron chi connectivity index (χ3n) is 3.67. The van der Waals surface area contributed by atoms with Crippen molar-refractivity contribution in [2.24, 2.45) is 5.92 Å². The van der Waals surface area contributed by atoms with Gasteiger partial charge in [-0.2, -0.15) is 13.2 Å². The van der Waals surface area contributed by atoms with Gasteiger partial charge < -0.3 is 10.6 Å². The molecule has 2 rings (SSSR count). The van der Waals surface area contributed by atoms with Gasteiger partial charge in [0.2, 0.25) is 5.91 Å². The minimum Gasteiger partial charge on any atom is -0.399 e. The Bertz CT molecular complexity index is 514. The van der Waals surface area contributed by atoms with Crippen molar-refractivity contribution in [3.63, 3.8) is 0 Å². The predicted molar refractivity (Wildman–Crippen MR) is 69.7 cm³/mol. The molecule has 1 aliphatic heterocycles. The van der Waals surface area contributed by atoms with Crippen LogP contribution in [0.4, 0.5) is 18.9 Å². The van der Waals surface area contributed by atoms with Crippen LogP contribution in [0.1, 0.15) is 30.9 Å². The molecule has 1 heterocycles. The molecule has 0 spiro atoms. The van der Waals surface area contributed by atoms with Gasteiger partial charge in [0.25, 0.3) is 0 Å². The molecule has 6 heteroatoms. The number of hydrogen-bond donors (Lipinski definition) is 1. The Labute approximate surface area is 115 Å². The van der Waals surface area contributed by atoms with Crippen LogP contribution >= 0.6 is 0 Å². The lowest BCUT2D eigenvalue weighted by Gasteiger charge is -2.20. The van der Waals surface area contributed by atoms with Gasteiger partial charge >= 0.3 is 6.18 Å². The second-order valence-electron chi connectivity index (χ2n) is 5.17. The number of nitrogens with two attached hydrogens (primary N) is 1. The molecule has 1 unspecified atom stereocenters. The van der Waals surface area contributed by atoms with Crippen molar-refractivity contribution in [1.29, 1.82) is 0 Å². The van der Waals surface area contributed by atoms with E-state index in [2.05, 4.69) is 0 Å². The molecule has 1 saturated heterocycles. The maximum absolute atomic E-state index is 13.0. The van der Waals surface area contributed by atoms with Crippen LogP contribution in [0.15, 0.2) is 18.2 Å². The monoisotopic (exact) mass is 286 g/mol. The highest BCUT2D eigenvalue weighted by Crippen LogP contribution is 2.34. The van der Waals surface area contributed by atoms with E-state index in [1.165, 1.54) is 17.0 Å². The highest BCUT2D eigenvalue weighted by molar-refractivity contribution is 5.78. The second kappa shape index (κ2) is 5.34. The fraction of sp³-hybridized carbons (Fsp3) is 0.500. The van der Waals surface area contributed by atoms with Crippen LogP contribution in [-0.2, 0) is 17.5 Å². The van der Waals surface area contributed by atoms with E-state index >= 15 is 0 Å². The SMILES string of the molecule is CCC1CC(=O)N(Cc2ccc(N)cc2C(F)(F)F)C1. The summed E-state index contributed by atoms with van der Waals surface area (Å²) in [5, 5.41) is 0. The Morgan fingerprint density at radius 3 is 2.65 bits per heavy atom. The zero-order valence-electron chi connectivity index (χ0n) is 11.2. The van der Waals surface area contributed by atoms with Gasteiger partial charge in [-0.05, 0) is 23.6 Å². The lowest BCUT2D eigenvalue weighted by molar-refractivity contribution is -0.139. The predicted octanol–water partition coefficient (Wildman–Crippen LogP) is 3.05. The fourth-order valence-electron chi connectivity index (χ4n) is 2.48. The highest BCUT2D eigenvalue weighted by atomic mass is 19.4. The molecule has 0 aliphatic carbocycles. The van der Waals surface area contributed by atoms with Gasteiger partial charge in [-0.25, -0.2) is 0 Å². The fourth-order valence-corrected chi connectivity index (χ4v) is 2.48. The topological polar surface area (TPSA) is 46.3 Å². The number of likely N-dealkylation sites (tertiary alicyclic amines) is 1. The van der Waals surface area contributed by atoms with Crippen molar-refractivity contribution in [3.05, 3.63) is 29.3 Å². The van der Waals surface area contributed by atoms with Gasteiger partial charge in [-0.1, -0.05) is 19.4 Å². The minimum atomic E-state index is -4.46. The van der Waals surface area contributed by atoms with Crippen LogP contribution in [0.2, 0.25) is 0 Å². The first-order valence-corrected chi connectivity index (χ1v) is 6.54. The van der Waals surface area contributed by atoms with E-state index in [4.69, 9.17) is 5.73 Å². The van der Waals surface area contributed by atoms with Gasteiger partial charge in [0, 0.05) is 25.2 Å². The van der Waals surface area contributed by atoms with E-state index in [9.17, 15) is 18.0 Å². The molecule has 1 aromatic rings. The first-order chi connectivity index (χ1) is 9.31. The molecule has 3 nitrogen and oxygen atoms in total. The number of hydrogen-bond acceptors (Lipinski definition) is 2. The molecule has 110 valence electrons. The first-order valence-electron chi connectivity index (χ1n) is 6.54. The number of carbonyl (C=O) groups excluding carboxylic acids is 1. The van der Waals surface area contributed by atoms with Gasteiger partial charge in [0.1, 0.15) is 0 Å². The average molecular weight is 286 g/mol. The van der Waals surface area contributed by atoms with Crippen molar-refractivity contribution < 1.29 is 18.0 Å². The summed E-state index contributed by atoms with van der Waals surface area (Å²) in [4.78, 5) is 13.3. The average Bonchev–Trinajstić information content (AvgIpc) is 2.71. The van der Waals surface area contributed by atoms with E-state index in [1.807, 2.05) is 6.92 Å². The van der Waals surface area contributed by atoms with Gasteiger partial charge in [0.05, 0.1) is 5.56 Å². The summed E-state index contributed by atoms with van der Waals surface area (Å²) in [6, 6.07) is 3.71. The zero-order chi connectivity index (χ0) is 14.9. The van der Waals surface area contributed by atoms with Crippen molar-refractivity contribution in [2.45, 2.75) is 32.5 Å². The number of halogens is 3. The number of benzene rings is 1. The molecule has 2 N–H and O–H groups in total. The normalized spacial score (nSPS) is 19.7. The van der Waals surface area contributed by atoms with Crippen molar-refractivity contribution in [3.8, 4) is 0 Å². The quantitative estimate of drug-likeness (QED) is 0.868. The number of carbonyl (C=O) groups is 1. The summed E-state index contributed by atoms with van der Waals surface area (Å²) in [5.74, 6) is 0.160. The summed E-state index contributed by atoms with van der Waals surface area (Å²) in [6.45, 7) is 2.49.